The van der Waals surface area contributed by atoms with Crippen molar-refractivity contribution in [3.8, 4) is 0 Å². The monoisotopic (exact) mass is 795 g/mol. The molecule has 0 spiro atoms. The van der Waals surface area contributed by atoms with Gasteiger partial charge in [0, 0.05) is 26.3 Å². The predicted molar refractivity (Wildman–Crippen MR) is 236 cm³/mol. The number of unbranched alkanes of at least 4 members (excludes halogenated alkanes) is 24. The minimum Gasteiger partial charge on any atom is -0.466 e. The molecular formula is C48H94N2O6. The molecule has 56 heavy (non-hydrogen) atoms. The number of amides is 1. The largest absolute Gasteiger partial charge is 0.466 e. The van der Waals surface area contributed by atoms with Crippen LogP contribution in [-0.2, 0) is 28.7 Å². The van der Waals surface area contributed by atoms with E-state index in [1.807, 2.05) is 0 Å². The molecule has 0 aromatic carbocycles. The van der Waals surface area contributed by atoms with E-state index in [0.717, 1.165) is 116 Å². The normalized spacial score (nSPS) is 11.5. The summed E-state index contributed by atoms with van der Waals surface area (Å²) in [6.07, 6.45) is 38.9. The van der Waals surface area contributed by atoms with Gasteiger partial charge in [-0.15, -0.1) is 0 Å². The quantitative estimate of drug-likeness (QED) is 0.0345. The van der Waals surface area contributed by atoms with Crippen molar-refractivity contribution in [2.24, 2.45) is 0 Å². The summed E-state index contributed by atoms with van der Waals surface area (Å²) in [4.78, 5) is 44.5. The van der Waals surface area contributed by atoms with Crippen molar-refractivity contribution in [3.63, 3.8) is 0 Å². The molecule has 332 valence electrons. The van der Waals surface area contributed by atoms with E-state index >= 15 is 0 Å². The molecule has 0 saturated carbocycles. The van der Waals surface area contributed by atoms with E-state index in [1.54, 1.807) is 14.0 Å². The standard InChI is InChI=1S/C48H94N2O6/c1-6-9-12-15-18-27-34-44-55-47(52)38-30-23-19-25-32-40-49(42-35-43-50(54-5)45(4)51)41-33-26-20-24-31-39-48(53)56-46(36-28-21-16-13-10-7-2)37-29-22-17-14-11-8-3/h46H,6-44H2,1-5H3. The zero-order valence-electron chi connectivity index (χ0n) is 38.0. The zero-order valence-corrected chi connectivity index (χ0v) is 38.0. The number of nitrogens with zero attached hydrogens (tertiary/aromatic N) is 2. The molecule has 0 bridgehead atoms. The van der Waals surface area contributed by atoms with Gasteiger partial charge in [-0.2, -0.15) is 0 Å². The average Bonchev–Trinajstić information content (AvgIpc) is 3.18. The average molecular weight is 795 g/mol. The molecule has 1 amide bonds. The summed E-state index contributed by atoms with van der Waals surface area (Å²) in [6.45, 7) is 12.5. The highest BCUT2D eigenvalue weighted by Crippen LogP contribution is 2.19. The fraction of sp³-hybridized carbons (Fsp3) is 0.938. The molecule has 8 heteroatoms. The number of carbonyl (C=O) groups is 3. The third kappa shape index (κ3) is 37.9. The number of rotatable bonds is 44. The Bertz CT molecular complexity index is 855. The molecule has 0 saturated heterocycles. The van der Waals surface area contributed by atoms with Crippen molar-refractivity contribution < 1.29 is 28.7 Å². The zero-order chi connectivity index (χ0) is 41.2. The minimum absolute atomic E-state index is 0.00698. The number of esters is 2. The van der Waals surface area contributed by atoms with Crippen LogP contribution in [0.4, 0.5) is 0 Å². The molecule has 0 aromatic rings. The van der Waals surface area contributed by atoms with Crippen LogP contribution in [0.2, 0.25) is 0 Å². The van der Waals surface area contributed by atoms with Crippen LogP contribution in [0.15, 0.2) is 0 Å². The van der Waals surface area contributed by atoms with E-state index in [0.29, 0.717) is 26.0 Å². The van der Waals surface area contributed by atoms with Gasteiger partial charge >= 0.3 is 11.9 Å². The Morgan fingerprint density at radius 3 is 1.30 bits per heavy atom. The molecule has 0 aliphatic heterocycles. The van der Waals surface area contributed by atoms with Gasteiger partial charge in [-0.1, -0.05) is 162 Å². The third-order valence-electron chi connectivity index (χ3n) is 11.2. The maximum absolute atomic E-state index is 12.8. The van der Waals surface area contributed by atoms with Crippen molar-refractivity contribution in [2.75, 3.05) is 39.9 Å². The maximum Gasteiger partial charge on any atom is 0.306 e. The molecule has 0 aliphatic rings. The lowest BCUT2D eigenvalue weighted by molar-refractivity contribution is -0.173. The van der Waals surface area contributed by atoms with Gasteiger partial charge in [0.15, 0.2) is 0 Å². The second-order valence-corrected chi connectivity index (χ2v) is 16.6. The van der Waals surface area contributed by atoms with Gasteiger partial charge in [-0.25, -0.2) is 5.06 Å². The van der Waals surface area contributed by atoms with Crippen molar-refractivity contribution in [1.82, 2.24) is 9.96 Å². The van der Waals surface area contributed by atoms with Crippen LogP contribution in [-0.4, -0.2) is 73.8 Å². The first-order valence-corrected chi connectivity index (χ1v) is 24.3. The Labute approximate surface area is 347 Å². The first-order valence-electron chi connectivity index (χ1n) is 24.3. The number of hydrogen-bond acceptors (Lipinski definition) is 7. The van der Waals surface area contributed by atoms with Crippen LogP contribution in [0.25, 0.3) is 0 Å². The number of carbonyl (C=O) groups excluding carboxylic acids is 3. The lowest BCUT2D eigenvalue weighted by atomic mass is 10.0. The van der Waals surface area contributed by atoms with Crippen LogP contribution in [0.1, 0.15) is 246 Å². The first kappa shape index (κ1) is 54.3. The van der Waals surface area contributed by atoms with Gasteiger partial charge in [0.1, 0.15) is 6.10 Å². The predicted octanol–water partition coefficient (Wildman–Crippen LogP) is 13.5. The van der Waals surface area contributed by atoms with E-state index in [2.05, 4.69) is 25.7 Å². The Morgan fingerprint density at radius 2 is 0.839 bits per heavy atom. The fourth-order valence-electron chi connectivity index (χ4n) is 7.55. The molecule has 8 nitrogen and oxygen atoms in total. The fourth-order valence-corrected chi connectivity index (χ4v) is 7.55. The SMILES string of the molecule is CCCCCCCCCOC(=O)CCCCCCCN(CCCCCCCC(=O)OC(CCCCCCCC)CCCCCCCC)CCCN(OC)C(C)=O. The Kier molecular flexibility index (Phi) is 41.6. The van der Waals surface area contributed by atoms with Gasteiger partial charge in [-0.05, 0) is 83.8 Å². The van der Waals surface area contributed by atoms with Crippen molar-refractivity contribution in [1.29, 1.82) is 0 Å². The highest BCUT2D eigenvalue weighted by atomic mass is 16.7. The molecule has 0 aromatic heterocycles. The van der Waals surface area contributed by atoms with Gasteiger partial charge in [0.2, 0.25) is 5.91 Å². The molecule has 0 radical (unpaired) electrons. The van der Waals surface area contributed by atoms with Gasteiger partial charge in [0.05, 0.1) is 13.7 Å². The lowest BCUT2D eigenvalue weighted by Crippen LogP contribution is -2.33. The minimum atomic E-state index is -0.0595. The summed E-state index contributed by atoms with van der Waals surface area (Å²) < 4.78 is 11.5. The number of hydroxylamine groups is 2. The number of hydrogen-bond donors (Lipinski definition) is 0. The summed E-state index contributed by atoms with van der Waals surface area (Å²) in [7, 11) is 1.56. The van der Waals surface area contributed by atoms with Crippen molar-refractivity contribution in [2.45, 2.75) is 252 Å². The van der Waals surface area contributed by atoms with E-state index < -0.39 is 0 Å². The topological polar surface area (TPSA) is 85.4 Å². The smallest absolute Gasteiger partial charge is 0.306 e. The second kappa shape index (κ2) is 42.9. The van der Waals surface area contributed by atoms with Crippen molar-refractivity contribution >= 4 is 17.8 Å². The molecule has 0 fully saturated rings. The Balaban J connectivity index is 4.38. The van der Waals surface area contributed by atoms with Crippen LogP contribution < -0.4 is 0 Å². The highest BCUT2D eigenvalue weighted by Gasteiger charge is 2.15. The van der Waals surface area contributed by atoms with E-state index in [4.69, 9.17) is 14.3 Å². The third-order valence-corrected chi connectivity index (χ3v) is 11.2. The highest BCUT2D eigenvalue weighted by molar-refractivity contribution is 5.72. The summed E-state index contributed by atoms with van der Waals surface area (Å²) in [6, 6.07) is 0. The summed E-state index contributed by atoms with van der Waals surface area (Å²) in [5, 5.41) is 1.44. The van der Waals surface area contributed by atoms with Crippen LogP contribution in [0.5, 0.6) is 0 Å². The Hall–Kier alpha value is -1.67. The maximum atomic E-state index is 12.8. The van der Waals surface area contributed by atoms with Gasteiger partial charge in [-0.3, -0.25) is 19.2 Å². The van der Waals surface area contributed by atoms with E-state index in [9.17, 15) is 14.4 Å². The molecule has 0 aliphatic carbocycles. The second-order valence-electron chi connectivity index (χ2n) is 16.6. The molecule has 0 rings (SSSR count). The van der Waals surface area contributed by atoms with E-state index in [1.165, 1.54) is 114 Å². The summed E-state index contributed by atoms with van der Waals surface area (Å²) in [5.41, 5.74) is 0. The van der Waals surface area contributed by atoms with Crippen LogP contribution in [0.3, 0.4) is 0 Å². The first-order chi connectivity index (χ1) is 27.4. The molecule has 0 N–H and O–H groups in total. The molecule has 0 unspecified atom stereocenters. The molecule has 0 atom stereocenters. The van der Waals surface area contributed by atoms with Crippen LogP contribution >= 0.6 is 0 Å². The van der Waals surface area contributed by atoms with Gasteiger partial charge in [0.25, 0.3) is 0 Å². The van der Waals surface area contributed by atoms with Crippen LogP contribution in [0, 0.1) is 0 Å². The molecule has 0 heterocycles. The van der Waals surface area contributed by atoms with Gasteiger partial charge < -0.3 is 14.4 Å². The lowest BCUT2D eigenvalue weighted by Gasteiger charge is -2.24. The number of ether oxygens (including phenoxy) is 2. The van der Waals surface area contributed by atoms with Crippen molar-refractivity contribution in [3.05, 3.63) is 0 Å². The van der Waals surface area contributed by atoms with E-state index in [-0.39, 0.29) is 23.9 Å². The Morgan fingerprint density at radius 1 is 0.446 bits per heavy atom. The summed E-state index contributed by atoms with van der Waals surface area (Å²) >= 11 is 0. The molecular weight excluding hydrogens is 701 g/mol. The summed E-state index contributed by atoms with van der Waals surface area (Å²) in [5.74, 6) is -0.0905.